The van der Waals surface area contributed by atoms with Crippen LogP contribution in [0.3, 0.4) is 0 Å². The van der Waals surface area contributed by atoms with Crippen LogP contribution in [0.5, 0.6) is 0 Å². The number of carbonyl (C=O) groups is 1. The lowest BCUT2D eigenvalue weighted by molar-refractivity contribution is -0.117. The standard InChI is InChI=1S/C10H14ClNO.C2H6/c1-7-3-5-8(10(13)12-2)9(11)6-4-7;1-2/h3,5,9H,4,6H2,1-2H3,(H,12,13);1-2H3. The maximum atomic E-state index is 11.3. The average Bonchev–Trinajstić information content (AvgIpc) is 2.43. The molecule has 1 aliphatic rings. The Bertz CT molecular complexity index is 269. The van der Waals surface area contributed by atoms with Crippen LogP contribution < -0.4 is 5.32 Å². The first-order valence-corrected chi connectivity index (χ1v) is 5.82. The molecule has 3 heteroatoms. The molecule has 0 aromatic rings. The van der Waals surface area contributed by atoms with Gasteiger partial charge in [0.2, 0.25) is 5.91 Å². The third kappa shape index (κ3) is 4.52. The van der Waals surface area contributed by atoms with Crippen LogP contribution in [0.2, 0.25) is 0 Å². The minimum atomic E-state index is -0.159. The lowest BCUT2D eigenvalue weighted by Gasteiger charge is -2.09. The van der Waals surface area contributed by atoms with E-state index in [0.29, 0.717) is 5.57 Å². The molecule has 1 rings (SSSR count). The number of alkyl halides is 1. The summed E-state index contributed by atoms with van der Waals surface area (Å²) < 4.78 is 0. The van der Waals surface area contributed by atoms with Crippen molar-refractivity contribution in [1.82, 2.24) is 5.32 Å². The van der Waals surface area contributed by atoms with E-state index in [9.17, 15) is 4.79 Å². The SMILES string of the molecule is CC.CNC(=O)C1=CC=C(C)CCC1Cl. The molecule has 1 unspecified atom stereocenters. The molecule has 0 aromatic heterocycles. The summed E-state index contributed by atoms with van der Waals surface area (Å²) in [6.45, 7) is 6.05. The summed E-state index contributed by atoms with van der Waals surface area (Å²) in [7, 11) is 1.62. The van der Waals surface area contributed by atoms with Gasteiger partial charge in [-0.1, -0.05) is 31.6 Å². The predicted molar refractivity (Wildman–Crippen MR) is 66.1 cm³/mol. The summed E-state index contributed by atoms with van der Waals surface area (Å²) in [4.78, 5) is 11.3. The quantitative estimate of drug-likeness (QED) is 0.688. The fraction of sp³-hybridized carbons (Fsp3) is 0.583. The van der Waals surface area contributed by atoms with E-state index in [4.69, 9.17) is 11.6 Å². The molecule has 0 heterocycles. The van der Waals surface area contributed by atoms with Crippen LogP contribution in [-0.4, -0.2) is 18.3 Å². The second-order valence-electron chi connectivity index (χ2n) is 3.22. The number of nitrogens with one attached hydrogen (secondary N) is 1. The van der Waals surface area contributed by atoms with Gasteiger partial charge in [0.25, 0.3) is 0 Å². The third-order valence-electron chi connectivity index (χ3n) is 2.17. The number of likely N-dealkylation sites (N-methyl/N-ethyl adjacent to an activating group) is 1. The Hall–Kier alpha value is -0.760. The number of allylic oxidation sites excluding steroid dienone is 3. The predicted octanol–water partition coefficient (Wildman–Crippen LogP) is 3.03. The van der Waals surface area contributed by atoms with Gasteiger partial charge in [0.1, 0.15) is 0 Å². The van der Waals surface area contributed by atoms with Gasteiger partial charge >= 0.3 is 0 Å². The Labute approximate surface area is 97.4 Å². The molecular formula is C12H20ClNO. The van der Waals surface area contributed by atoms with Crippen molar-refractivity contribution in [2.24, 2.45) is 0 Å². The van der Waals surface area contributed by atoms with Crippen molar-refractivity contribution in [3.05, 3.63) is 23.3 Å². The Morgan fingerprint density at radius 2 is 2.07 bits per heavy atom. The van der Waals surface area contributed by atoms with E-state index >= 15 is 0 Å². The van der Waals surface area contributed by atoms with E-state index in [1.165, 1.54) is 5.57 Å². The van der Waals surface area contributed by atoms with Crippen LogP contribution in [0.25, 0.3) is 0 Å². The van der Waals surface area contributed by atoms with Crippen molar-refractivity contribution in [2.75, 3.05) is 7.05 Å². The van der Waals surface area contributed by atoms with Gasteiger partial charge in [-0.3, -0.25) is 4.79 Å². The Morgan fingerprint density at radius 1 is 1.47 bits per heavy atom. The van der Waals surface area contributed by atoms with E-state index in [1.54, 1.807) is 7.05 Å². The number of hydrogen-bond donors (Lipinski definition) is 1. The summed E-state index contributed by atoms with van der Waals surface area (Å²) in [5.74, 6) is -0.0778. The van der Waals surface area contributed by atoms with Crippen LogP contribution >= 0.6 is 11.6 Å². The summed E-state index contributed by atoms with van der Waals surface area (Å²) in [6, 6.07) is 0. The lowest BCUT2D eigenvalue weighted by Crippen LogP contribution is -2.24. The van der Waals surface area contributed by atoms with Crippen LogP contribution in [0.4, 0.5) is 0 Å². The van der Waals surface area contributed by atoms with Crippen molar-refractivity contribution in [3.63, 3.8) is 0 Å². The number of hydrogen-bond acceptors (Lipinski definition) is 1. The maximum absolute atomic E-state index is 11.3. The first kappa shape index (κ1) is 14.2. The number of rotatable bonds is 1. The third-order valence-corrected chi connectivity index (χ3v) is 2.62. The van der Waals surface area contributed by atoms with Gasteiger partial charge in [0, 0.05) is 12.6 Å². The highest BCUT2D eigenvalue weighted by atomic mass is 35.5. The van der Waals surface area contributed by atoms with Gasteiger partial charge in [0.15, 0.2) is 0 Å². The smallest absolute Gasteiger partial charge is 0.248 e. The molecule has 15 heavy (non-hydrogen) atoms. The Kier molecular flexibility index (Phi) is 7.14. The Balaban J connectivity index is 0.000000921. The molecule has 1 atom stereocenters. The first-order chi connectivity index (χ1) is 7.15. The van der Waals surface area contributed by atoms with Gasteiger partial charge in [-0.25, -0.2) is 0 Å². The van der Waals surface area contributed by atoms with E-state index in [1.807, 2.05) is 32.9 Å². The summed E-state index contributed by atoms with van der Waals surface area (Å²) >= 11 is 6.06. The van der Waals surface area contributed by atoms with E-state index < -0.39 is 0 Å². The van der Waals surface area contributed by atoms with Crippen LogP contribution in [0.1, 0.15) is 33.6 Å². The zero-order valence-electron chi connectivity index (χ0n) is 9.93. The molecule has 0 fully saturated rings. The van der Waals surface area contributed by atoms with Gasteiger partial charge < -0.3 is 5.32 Å². The Morgan fingerprint density at radius 3 is 2.60 bits per heavy atom. The fourth-order valence-electron chi connectivity index (χ4n) is 1.29. The summed E-state index contributed by atoms with van der Waals surface area (Å²) in [5.41, 5.74) is 1.94. The number of amides is 1. The van der Waals surface area contributed by atoms with Gasteiger partial charge in [0.05, 0.1) is 5.38 Å². The van der Waals surface area contributed by atoms with Crippen molar-refractivity contribution < 1.29 is 4.79 Å². The molecule has 1 amide bonds. The normalized spacial score (nSPS) is 20.2. The topological polar surface area (TPSA) is 29.1 Å². The molecule has 0 saturated carbocycles. The molecular weight excluding hydrogens is 210 g/mol. The first-order valence-electron chi connectivity index (χ1n) is 5.38. The fourth-order valence-corrected chi connectivity index (χ4v) is 1.57. The minimum Gasteiger partial charge on any atom is -0.355 e. The zero-order valence-corrected chi connectivity index (χ0v) is 10.7. The number of halogens is 1. The molecule has 0 aliphatic heterocycles. The molecule has 0 aromatic carbocycles. The molecule has 1 aliphatic carbocycles. The largest absolute Gasteiger partial charge is 0.355 e. The molecule has 0 saturated heterocycles. The molecule has 86 valence electrons. The van der Waals surface area contributed by atoms with E-state index in [0.717, 1.165) is 12.8 Å². The van der Waals surface area contributed by atoms with Crippen molar-refractivity contribution in [2.45, 2.75) is 39.0 Å². The highest BCUT2D eigenvalue weighted by molar-refractivity contribution is 6.25. The molecule has 2 nitrogen and oxygen atoms in total. The van der Waals surface area contributed by atoms with Crippen molar-refractivity contribution in [1.29, 1.82) is 0 Å². The summed E-state index contributed by atoms with van der Waals surface area (Å²) in [5, 5.41) is 2.43. The van der Waals surface area contributed by atoms with Crippen LogP contribution in [-0.2, 0) is 4.79 Å². The molecule has 1 N–H and O–H groups in total. The lowest BCUT2D eigenvalue weighted by atomic mass is 10.1. The van der Waals surface area contributed by atoms with Crippen molar-refractivity contribution >= 4 is 17.5 Å². The minimum absolute atomic E-state index is 0.0778. The molecule has 0 radical (unpaired) electrons. The van der Waals surface area contributed by atoms with E-state index in [2.05, 4.69) is 5.32 Å². The zero-order chi connectivity index (χ0) is 11.8. The summed E-state index contributed by atoms with van der Waals surface area (Å²) in [6.07, 6.45) is 5.58. The van der Waals surface area contributed by atoms with Crippen molar-refractivity contribution in [3.8, 4) is 0 Å². The maximum Gasteiger partial charge on any atom is 0.248 e. The molecule has 0 spiro atoms. The van der Waals surface area contributed by atoms with Crippen LogP contribution in [0.15, 0.2) is 23.3 Å². The number of carbonyl (C=O) groups excluding carboxylic acids is 1. The highest BCUT2D eigenvalue weighted by Gasteiger charge is 2.18. The second-order valence-corrected chi connectivity index (χ2v) is 3.75. The van der Waals surface area contributed by atoms with Gasteiger partial charge in [-0.2, -0.15) is 0 Å². The van der Waals surface area contributed by atoms with Crippen LogP contribution in [0, 0.1) is 0 Å². The average molecular weight is 230 g/mol. The highest BCUT2D eigenvalue weighted by Crippen LogP contribution is 2.22. The van der Waals surface area contributed by atoms with Gasteiger partial charge in [-0.15, -0.1) is 11.6 Å². The van der Waals surface area contributed by atoms with Gasteiger partial charge in [-0.05, 0) is 19.8 Å². The van der Waals surface area contributed by atoms with E-state index in [-0.39, 0.29) is 11.3 Å². The second kappa shape index (κ2) is 7.52. The molecule has 0 bridgehead atoms. The monoisotopic (exact) mass is 229 g/mol.